The molecule has 30 heavy (non-hydrogen) atoms. The highest BCUT2D eigenvalue weighted by molar-refractivity contribution is 5.47. The summed E-state index contributed by atoms with van der Waals surface area (Å²) in [6, 6.07) is 7.95. The zero-order valence-corrected chi connectivity index (χ0v) is 16.9. The monoisotopic (exact) mass is 404 g/mol. The highest BCUT2D eigenvalue weighted by Crippen LogP contribution is 2.18. The molecule has 1 aliphatic heterocycles. The van der Waals surface area contributed by atoms with Crippen LogP contribution < -0.4 is 10.5 Å². The SMILES string of the molecule is CCc1cn2nc(CN3CCN(c4ccc(-n5cccn5)nc4)CC3)cc2[nH]c1=O. The first kappa shape index (κ1) is 18.6. The number of fused-ring (bicyclic) bond motifs is 1. The standard InChI is InChI=1S/C21H24N8O/c1-2-16-14-29-20(24-21(16)30)12-17(25-29)15-26-8-10-27(11-9-26)18-4-5-19(22-13-18)28-7-3-6-23-28/h3-7,12-14H,2,8-11,15H2,1H3,(H,24,30). The Hall–Kier alpha value is -3.46. The molecule has 5 heterocycles. The van der Waals surface area contributed by atoms with Crippen LogP contribution in [0.3, 0.4) is 0 Å². The van der Waals surface area contributed by atoms with Gasteiger partial charge in [-0.15, -0.1) is 0 Å². The lowest BCUT2D eigenvalue weighted by Gasteiger charge is -2.35. The van der Waals surface area contributed by atoms with Crippen molar-refractivity contribution in [2.45, 2.75) is 19.9 Å². The molecule has 9 heteroatoms. The molecule has 1 aliphatic rings. The largest absolute Gasteiger partial charge is 0.368 e. The number of hydrogen-bond donors (Lipinski definition) is 1. The zero-order valence-electron chi connectivity index (χ0n) is 16.9. The van der Waals surface area contributed by atoms with E-state index in [0.717, 1.165) is 61.1 Å². The number of aromatic amines is 1. The normalized spacial score (nSPS) is 15.2. The van der Waals surface area contributed by atoms with Crippen LogP contribution in [-0.2, 0) is 13.0 Å². The van der Waals surface area contributed by atoms with Crippen LogP contribution in [0.5, 0.6) is 0 Å². The number of anilines is 1. The maximum Gasteiger partial charge on any atom is 0.254 e. The minimum absolute atomic E-state index is 0.0303. The third kappa shape index (κ3) is 3.59. The van der Waals surface area contributed by atoms with Crippen LogP contribution in [0.1, 0.15) is 18.2 Å². The molecule has 1 fully saturated rings. The molecule has 0 amide bonds. The van der Waals surface area contributed by atoms with Crippen LogP contribution in [-0.4, -0.2) is 60.4 Å². The van der Waals surface area contributed by atoms with Crippen molar-refractivity contribution in [1.29, 1.82) is 0 Å². The minimum Gasteiger partial charge on any atom is -0.368 e. The van der Waals surface area contributed by atoms with Gasteiger partial charge < -0.3 is 9.88 Å². The second-order valence-electron chi connectivity index (χ2n) is 7.52. The molecule has 0 radical (unpaired) electrons. The molecule has 0 spiro atoms. The van der Waals surface area contributed by atoms with Gasteiger partial charge in [0.05, 0.1) is 17.6 Å². The van der Waals surface area contributed by atoms with Crippen molar-refractivity contribution < 1.29 is 0 Å². The molecule has 0 unspecified atom stereocenters. The van der Waals surface area contributed by atoms with Crippen molar-refractivity contribution in [2.24, 2.45) is 0 Å². The molecule has 0 atom stereocenters. The van der Waals surface area contributed by atoms with Crippen LogP contribution in [0.15, 0.2) is 53.8 Å². The topological polar surface area (TPSA) is 87.3 Å². The first-order chi connectivity index (χ1) is 14.7. The van der Waals surface area contributed by atoms with E-state index in [9.17, 15) is 4.79 Å². The first-order valence-corrected chi connectivity index (χ1v) is 10.2. The minimum atomic E-state index is -0.0303. The summed E-state index contributed by atoms with van der Waals surface area (Å²) in [5, 5.41) is 8.86. The summed E-state index contributed by atoms with van der Waals surface area (Å²) in [6.07, 6.45) is 8.07. The summed E-state index contributed by atoms with van der Waals surface area (Å²) < 4.78 is 3.53. The number of rotatable bonds is 5. The highest BCUT2D eigenvalue weighted by Gasteiger charge is 2.19. The van der Waals surface area contributed by atoms with Crippen molar-refractivity contribution >= 4 is 11.3 Å². The maximum absolute atomic E-state index is 12.0. The zero-order chi connectivity index (χ0) is 20.5. The van der Waals surface area contributed by atoms with Crippen LogP contribution in [0.2, 0.25) is 0 Å². The lowest BCUT2D eigenvalue weighted by Crippen LogP contribution is -2.46. The van der Waals surface area contributed by atoms with Gasteiger partial charge in [0.2, 0.25) is 0 Å². The number of aromatic nitrogens is 6. The van der Waals surface area contributed by atoms with Gasteiger partial charge in [-0.05, 0) is 24.6 Å². The Morgan fingerprint density at radius 2 is 2.03 bits per heavy atom. The van der Waals surface area contributed by atoms with Gasteiger partial charge in [0.1, 0.15) is 5.65 Å². The van der Waals surface area contributed by atoms with Gasteiger partial charge in [-0.3, -0.25) is 9.69 Å². The average molecular weight is 404 g/mol. The average Bonchev–Trinajstić information content (AvgIpc) is 3.43. The molecule has 4 aromatic rings. The van der Waals surface area contributed by atoms with E-state index < -0.39 is 0 Å². The number of hydrogen-bond acceptors (Lipinski definition) is 6. The Bertz CT molecular complexity index is 1180. The Morgan fingerprint density at radius 3 is 2.73 bits per heavy atom. The van der Waals surface area contributed by atoms with Gasteiger partial charge in [-0.1, -0.05) is 6.92 Å². The molecule has 5 rings (SSSR count). The predicted molar refractivity (Wildman–Crippen MR) is 114 cm³/mol. The smallest absolute Gasteiger partial charge is 0.254 e. The molecule has 0 aromatic carbocycles. The summed E-state index contributed by atoms with van der Waals surface area (Å²) >= 11 is 0. The lowest BCUT2D eigenvalue weighted by molar-refractivity contribution is 0.247. The molecule has 1 N–H and O–H groups in total. The Morgan fingerprint density at radius 1 is 1.17 bits per heavy atom. The number of H-pyrrole nitrogens is 1. The molecule has 0 aliphatic carbocycles. The predicted octanol–water partition coefficient (Wildman–Crippen LogP) is 1.49. The van der Waals surface area contributed by atoms with E-state index in [-0.39, 0.29) is 5.56 Å². The lowest BCUT2D eigenvalue weighted by atomic mass is 10.2. The Labute approximate surface area is 173 Å². The fourth-order valence-electron chi connectivity index (χ4n) is 3.87. The molecule has 1 saturated heterocycles. The van der Waals surface area contributed by atoms with Crippen molar-refractivity contribution in [3.63, 3.8) is 0 Å². The molecular formula is C21H24N8O. The maximum atomic E-state index is 12.0. The summed E-state index contributed by atoms with van der Waals surface area (Å²) in [4.78, 5) is 24.2. The van der Waals surface area contributed by atoms with Crippen LogP contribution in [0, 0.1) is 0 Å². The quantitative estimate of drug-likeness (QED) is 0.542. The molecule has 9 nitrogen and oxygen atoms in total. The van der Waals surface area contributed by atoms with Crippen molar-refractivity contribution in [1.82, 2.24) is 34.3 Å². The summed E-state index contributed by atoms with van der Waals surface area (Å²) in [5.41, 5.74) is 3.56. The molecular weight excluding hydrogens is 380 g/mol. The van der Waals surface area contributed by atoms with Crippen molar-refractivity contribution in [3.8, 4) is 5.82 Å². The van der Waals surface area contributed by atoms with E-state index in [4.69, 9.17) is 0 Å². The third-order valence-corrected chi connectivity index (χ3v) is 5.57. The van der Waals surface area contributed by atoms with E-state index in [1.807, 2.05) is 43.7 Å². The Kier molecular flexibility index (Phi) is 4.80. The van der Waals surface area contributed by atoms with E-state index >= 15 is 0 Å². The van der Waals surface area contributed by atoms with Gasteiger partial charge in [0.25, 0.3) is 5.56 Å². The van der Waals surface area contributed by atoms with Crippen molar-refractivity contribution in [2.75, 3.05) is 31.1 Å². The molecule has 154 valence electrons. The van der Waals surface area contributed by atoms with Gasteiger partial charge in [-0.25, -0.2) is 14.2 Å². The van der Waals surface area contributed by atoms with E-state index in [2.05, 4.69) is 36.0 Å². The van der Waals surface area contributed by atoms with Crippen LogP contribution in [0.25, 0.3) is 11.5 Å². The first-order valence-electron chi connectivity index (χ1n) is 10.2. The van der Waals surface area contributed by atoms with Crippen molar-refractivity contribution in [3.05, 3.63) is 70.7 Å². The summed E-state index contributed by atoms with van der Waals surface area (Å²) in [5.74, 6) is 0.818. The van der Waals surface area contributed by atoms with Gasteiger partial charge >= 0.3 is 0 Å². The Balaban J connectivity index is 1.22. The number of pyridine rings is 1. The van der Waals surface area contributed by atoms with Crippen LogP contribution in [0.4, 0.5) is 5.69 Å². The van der Waals surface area contributed by atoms with Gasteiger partial charge in [0.15, 0.2) is 5.82 Å². The molecule has 0 saturated carbocycles. The number of nitrogens with zero attached hydrogens (tertiary/aromatic N) is 7. The van der Waals surface area contributed by atoms with E-state index in [1.165, 1.54) is 0 Å². The van der Waals surface area contributed by atoms with Gasteiger partial charge in [-0.2, -0.15) is 10.2 Å². The third-order valence-electron chi connectivity index (χ3n) is 5.57. The molecule has 0 bridgehead atoms. The number of aryl methyl sites for hydroxylation is 1. The molecule has 4 aromatic heterocycles. The van der Waals surface area contributed by atoms with Gasteiger partial charge in [0, 0.05) is 62.9 Å². The summed E-state index contributed by atoms with van der Waals surface area (Å²) in [6.45, 7) is 6.52. The second-order valence-corrected chi connectivity index (χ2v) is 7.52. The fourth-order valence-corrected chi connectivity index (χ4v) is 3.87. The summed E-state index contributed by atoms with van der Waals surface area (Å²) in [7, 11) is 0. The second kappa shape index (κ2) is 7.75. The van der Waals surface area contributed by atoms with Crippen LogP contribution >= 0.6 is 0 Å². The van der Waals surface area contributed by atoms with E-state index in [0.29, 0.717) is 6.42 Å². The number of nitrogens with one attached hydrogen (secondary N) is 1. The fraction of sp³-hybridized carbons (Fsp3) is 0.333. The number of piperazine rings is 1. The van der Waals surface area contributed by atoms with E-state index in [1.54, 1.807) is 15.4 Å². The highest BCUT2D eigenvalue weighted by atomic mass is 16.1.